The van der Waals surface area contributed by atoms with E-state index in [4.69, 9.17) is 0 Å². The molecule has 1 aliphatic heterocycles. The molecule has 0 unspecified atom stereocenters. The van der Waals surface area contributed by atoms with E-state index in [9.17, 15) is 0 Å². The summed E-state index contributed by atoms with van der Waals surface area (Å²) in [6, 6.07) is 9.91. The molecule has 3 rings (SSSR count). The quantitative estimate of drug-likeness (QED) is 0.752. The number of piperidine rings is 1. The number of hydrogen-bond donors (Lipinski definition) is 0. The van der Waals surface area contributed by atoms with E-state index in [1.54, 1.807) is 11.1 Å². The summed E-state index contributed by atoms with van der Waals surface area (Å²) in [6.07, 6.45) is 6.76. The van der Waals surface area contributed by atoms with Gasteiger partial charge in [0.15, 0.2) is 0 Å². The van der Waals surface area contributed by atoms with Gasteiger partial charge in [0, 0.05) is 6.04 Å². The fourth-order valence-electron chi connectivity index (χ4n) is 3.78. The van der Waals surface area contributed by atoms with E-state index < -0.39 is 0 Å². The van der Waals surface area contributed by atoms with Gasteiger partial charge in [-0.2, -0.15) is 0 Å². The second-order valence-electron chi connectivity index (χ2n) is 5.68. The van der Waals surface area contributed by atoms with Crippen LogP contribution < -0.4 is 0 Å². The molecular formula is C16H23N. The topological polar surface area (TPSA) is 3.24 Å². The van der Waals surface area contributed by atoms with Gasteiger partial charge in [-0.25, -0.2) is 0 Å². The minimum atomic E-state index is 0.832. The van der Waals surface area contributed by atoms with Crippen molar-refractivity contribution in [2.45, 2.75) is 45.1 Å². The molecule has 1 fully saturated rings. The van der Waals surface area contributed by atoms with Gasteiger partial charge in [0.1, 0.15) is 0 Å². The highest BCUT2D eigenvalue weighted by atomic mass is 15.2. The van der Waals surface area contributed by atoms with Crippen LogP contribution in [0.25, 0.3) is 0 Å². The Bertz CT molecular complexity index is 383. The molecule has 0 N–H and O–H groups in total. The molecule has 0 bridgehead atoms. The van der Waals surface area contributed by atoms with Crippen LogP contribution in [-0.2, 0) is 12.8 Å². The molecule has 1 heterocycles. The first kappa shape index (κ1) is 11.3. The number of rotatable bonds is 2. The van der Waals surface area contributed by atoms with E-state index in [-0.39, 0.29) is 0 Å². The molecule has 2 aliphatic rings. The van der Waals surface area contributed by atoms with Gasteiger partial charge in [0.2, 0.25) is 0 Å². The van der Waals surface area contributed by atoms with E-state index in [1.165, 1.54) is 45.2 Å². The smallest absolute Gasteiger partial charge is 0.0167 e. The van der Waals surface area contributed by atoms with E-state index in [0.717, 1.165) is 12.0 Å². The van der Waals surface area contributed by atoms with Crippen molar-refractivity contribution in [2.24, 2.45) is 5.92 Å². The Morgan fingerprint density at radius 2 is 1.94 bits per heavy atom. The second kappa shape index (κ2) is 4.81. The van der Waals surface area contributed by atoms with Crippen molar-refractivity contribution in [1.82, 2.24) is 4.90 Å². The van der Waals surface area contributed by atoms with E-state index >= 15 is 0 Å². The number of benzene rings is 1. The minimum Gasteiger partial charge on any atom is -0.300 e. The van der Waals surface area contributed by atoms with Crippen LogP contribution in [0.15, 0.2) is 24.3 Å². The molecule has 0 amide bonds. The first-order valence-corrected chi connectivity index (χ1v) is 7.19. The van der Waals surface area contributed by atoms with Crippen molar-refractivity contribution in [1.29, 1.82) is 0 Å². The molecule has 0 radical (unpaired) electrons. The third-order valence-corrected chi connectivity index (χ3v) is 4.57. The fraction of sp³-hybridized carbons (Fsp3) is 0.625. The summed E-state index contributed by atoms with van der Waals surface area (Å²) in [5, 5.41) is 0. The summed E-state index contributed by atoms with van der Waals surface area (Å²) in [5.41, 5.74) is 3.23. The van der Waals surface area contributed by atoms with E-state index in [0.29, 0.717) is 0 Å². The summed E-state index contributed by atoms with van der Waals surface area (Å²) in [6.45, 7) is 4.93. The Morgan fingerprint density at radius 1 is 1.18 bits per heavy atom. The maximum atomic E-state index is 2.75. The largest absolute Gasteiger partial charge is 0.300 e. The highest BCUT2D eigenvalue weighted by Crippen LogP contribution is 2.34. The summed E-state index contributed by atoms with van der Waals surface area (Å²) in [5.74, 6) is 0.921. The third kappa shape index (κ3) is 2.13. The highest BCUT2D eigenvalue weighted by molar-refractivity contribution is 5.31. The van der Waals surface area contributed by atoms with Gasteiger partial charge in [0.25, 0.3) is 0 Å². The summed E-state index contributed by atoms with van der Waals surface area (Å²) >= 11 is 0. The van der Waals surface area contributed by atoms with Crippen LogP contribution in [0, 0.1) is 5.92 Å². The minimum absolute atomic E-state index is 0.832. The van der Waals surface area contributed by atoms with E-state index in [2.05, 4.69) is 36.1 Å². The summed E-state index contributed by atoms with van der Waals surface area (Å²) in [4.78, 5) is 2.75. The number of nitrogens with zero attached hydrogens (tertiary/aromatic N) is 1. The average molecular weight is 229 g/mol. The lowest BCUT2D eigenvalue weighted by molar-refractivity contribution is 0.0855. The van der Waals surface area contributed by atoms with Gasteiger partial charge in [-0.15, -0.1) is 0 Å². The van der Waals surface area contributed by atoms with Crippen molar-refractivity contribution in [2.75, 3.05) is 13.1 Å². The molecule has 1 nitrogen and oxygen atoms in total. The number of likely N-dealkylation sites (tertiary alicyclic amines) is 1. The Morgan fingerprint density at radius 3 is 2.71 bits per heavy atom. The van der Waals surface area contributed by atoms with Crippen molar-refractivity contribution in [3.63, 3.8) is 0 Å². The number of hydrogen-bond acceptors (Lipinski definition) is 1. The zero-order valence-corrected chi connectivity index (χ0v) is 10.9. The molecule has 0 saturated carbocycles. The SMILES string of the molecule is CCCN1CCC[C@@H]2Cc3ccccc3C[C@H]21. The van der Waals surface area contributed by atoms with Crippen LogP contribution >= 0.6 is 0 Å². The lowest BCUT2D eigenvalue weighted by atomic mass is 9.75. The van der Waals surface area contributed by atoms with E-state index in [1.807, 2.05) is 0 Å². The van der Waals surface area contributed by atoms with Crippen molar-refractivity contribution < 1.29 is 0 Å². The lowest BCUT2D eigenvalue weighted by Crippen LogP contribution is -2.49. The van der Waals surface area contributed by atoms with Gasteiger partial charge in [-0.1, -0.05) is 31.2 Å². The first-order chi connectivity index (χ1) is 8.38. The second-order valence-corrected chi connectivity index (χ2v) is 5.68. The Hall–Kier alpha value is -0.820. The molecule has 0 aromatic heterocycles. The molecule has 1 aromatic carbocycles. The van der Waals surface area contributed by atoms with Crippen molar-refractivity contribution in [3.05, 3.63) is 35.4 Å². The number of fused-ring (bicyclic) bond motifs is 2. The van der Waals surface area contributed by atoms with Gasteiger partial charge in [-0.05, 0) is 62.2 Å². The van der Waals surface area contributed by atoms with Gasteiger partial charge in [-0.3, -0.25) is 4.90 Å². The molecule has 2 atom stereocenters. The zero-order valence-electron chi connectivity index (χ0n) is 10.9. The van der Waals surface area contributed by atoms with Crippen molar-refractivity contribution >= 4 is 0 Å². The maximum absolute atomic E-state index is 2.75. The molecular weight excluding hydrogens is 206 g/mol. The summed E-state index contributed by atoms with van der Waals surface area (Å²) < 4.78 is 0. The van der Waals surface area contributed by atoms with Crippen LogP contribution in [0.5, 0.6) is 0 Å². The van der Waals surface area contributed by atoms with Crippen LogP contribution in [0.1, 0.15) is 37.3 Å². The fourth-order valence-corrected chi connectivity index (χ4v) is 3.78. The average Bonchev–Trinajstić information content (AvgIpc) is 2.37. The van der Waals surface area contributed by atoms with Gasteiger partial charge >= 0.3 is 0 Å². The van der Waals surface area contributed by atoms with Crippen LogP contribution in [0.3, 0.4) is 0 Å². The van der Waals surface area contributed by atoms with Crippen molar-refractivity contribution in [3.8, 4) is 0 Å². The van der Waals surface area contributed by atoms with Gasteiger partial charge < -0.3 is 0 Å². The van der Waals surface area contributed by atoms with Crippen LogP contribution in [0.4, 0.5) is 0 Å². The molecule has 1 aromatic rings. The Kier molecular flexibility index (Phi) is 3.19. The Balaban J connectivity index is 1.84. The predicted molar refractivity (Wildman–Crippen MR) is 72.2 cm³/mol. The van der Waals surface area contributed by atoms with Gasteiger partial charge in [0.05, 0.1) is 0 Å². The monoisotopic (exact) mass is 229 g/mol. The zero-order chi connectivity index (χ0) is 11.7. The Labute approximate surface area is 105 Å². The van der Waals surface area contributed by atoms with Crippen LogP contribution in [-0.4, -0.2) is 24.0 Å². The summed E-state index contributed by atoms with van der Waals surface area (Å²) in [7, 11) is 0. The molecule has 1 saturated heterocycles. The molecule has 1 heteroatoms. The third-order valence-electron chi connectivity index (χ3n) is 4.57. The molecule has 17 heavy (non-hydrogen) atoms. The standard InChI is InChI=1S/C16H23N/c1-2-9-17-10-5-8-15-11-13-6-3-4-7-14(13)12-16(15)17/h3-4,6-7,15-16H,2,5,8-12H2,1H3/t15-,16-/m1/s1. The molecule has 0 spiro atoms. The molecule has 92 valence electrons. The maximum Gasteiger partial charge on any atom is 0.0167 e. The molecule has 1 aliphatic carbocycles. The highest BCUT2D eigenvalue weighted by Gasteiger charge is 2.34. The lowest BCUT2D eigenvalue weighted by Gasteiger charge is -2.44. The van der Waals surface area contributed by atoms with Crippen LogP contribution in [0.2, 0.25) is 0 Å². The first-order valence-electron chi connectivity index (χ1n) is 7.19. The normalized spacial score (nSPS) is 28.5. The predicted octanol–water partition coefficient (Wildman–Crippen LogP) is 3.28.